The number of hydrogen-bond donors (Lipinski definition) is 1. The molecule has 4 rings (SSSR count). The molecule has 1 aliphatic rings. The summed E-state index contributed by atoms with van der Waals surface area (Å²) in [6.45, 7) is 2.68. The molecule has 0 radical (unpaired) electrons. The summed E-state index contributed by atoms with van der Waals surface area (Å²) < 4.78 is 11.7. The Morgan fingerprint density at radius 3 is 2.69 bits per heavy atom. The molecule has 6 heteroatoms. The number of imidazole rings is 1. The van der Waals surface area contributed by atoms with Crippen LogP contribution in [0.4, 0.5) is 0 Å². The summed E-state index contributed by atoms with van der Waals surface area (Å²) in [4.78, 5) is 22.6. The van der Waals surface area contributed by atoms with E-state index in [9.17, 15) is 4.79 Å². The number of rotatable bonds is 7. The van der Waals surface area contributed by atoms with Crippen molar-refractivity contribution >= 4 is 5.91 Å². The van der Waals surface area contributed by atoms with Crippen LogP contribution >= 0.6 is 0 Å². The van der Waals surface area contributed by atoms with E-state index >= 15 is 0 Å². The second-order valence-electron chi connectivity index (χ2n) is 7.24. The van der Waals surface area contributed by atoms with Gasteiger partial charge < -0.3 is 19.4 Å². The Morgan fingerprint density at radius 2 is 1.93 bits per heavy atom. The first kappa shape index (κ1) is 19.1. The number of hydrogen-bond acceptors (Lipinski definition) is 4. The van der Waals surface area contributed by atoms with Crippen LogP contribution in [-0.2, 0) is 17.8 Å². The minimum atomic E-state index is -0.668. The molecule has 1 amide bonds. The monoisotopic (exact) mass is 391 g/mol. The van der Waals surface area contributed by atoms with Crippen molar-refractivity contribution in [2.24, 2.45) is 0 Å². The first-order chi connectivity index (χ1) is 14.2. The molecule has 6 nitrogen and oxygen atoms in total. The van der Waals surface area contributed by atoms with Crippen molar-refractivity contribution < 1.29 is 14.3 Å². The Morgan fingerprint density at radius 1 is 1.17 bits per heavy atom. The lowest BCUT2D eigenvalue weighted by Crippen LogP contribution is -2.49. The molecule has 29 heavy (non-hydrogen) atoms. The zero-order chi connectivity index (χ0) is 20.1. The van der Waals surface area contributed by atoms with Crippen LogP contribution in [0.15, 0.2) is 67.0 Å². The Kier molecular flexibility index (Phi) is 5.79. The maximum Gasteiger partial charge on any atom is 0.267 e. The van der Waals surface area contributed by atoms with Gasteiger partial charge >= 0.3 is 0 Å². The summed E-state index contributed by atoms with van der Waals surface area (Å²) in [5.41, 5.74) is 1.26. The van der Waals surface area contributed by atoms with Crippen LogP contribution in [0.5, 0.6) is 11.5 Å². The van der Waals surface area contributed by atoms with Gasteiger partial charge in [-0.25, -0.2) is 4.98 Å². The van der Waals surface area contributed by atoms with E-state index in [0.717, 1.165) is 18.7 Å². The SMILES string of the molecule is C[C@H](CCc1ccccc1)N(Cc1ncc[nH]1)C(=O)[C@H]1COc2ccccc2O1. The van der Waals surface area contributed by atoms with Gasteiger partial charge in [-0.2, -0.15) is 0 Å². The summed E-state index contributed by atoms with van der Waals surface area (Å²) in [6.07, 6.45) is 4.54. The molecule has 1 N–H and O–H groups in total. The minimum absolute atomic E-state index is 0.0218. The number of aromatic nitrogens is 2. The van der Waals surface area contributed by atoms with Gasteiger partial charge in [-0.3, -0.25) is 4.79 Å². The second kappa shape index (κ2) is 8.82. The number of ether oxygens (including phenoxy) is 2. The van der Waals surface area contributed by atoms with Gasteiger partial charge in [0.05, 0.1) is 6.54 Å². The molecule has 0 saturated carbocycles. The van der Waals surface area contributed by atoms with Crippen molar-refractivity contribution in [3.05, 3.63) is 78.4 Å². The fourth-order valence-electron chi connectivity index (χ4n) is 3.50. The Hall–Kier alpha value is -3.28. The fourth-order valence-corrected chi connectivity index (χ4v) is 3.50. The third-order valence-corrected chi connectivity index (χ3v) is 5.17. The highest BCUT2D eigenvalue weighted by atomic mass is 16.6. The van der Waals surface area contributed by atoms with E-state index in [0.29, 0.717) is 18.0 Å². The van der Waals surface area contributed by atoms with Gasteiger partial charge in [0.15, 0.2) is 11.5 Å². The smallest absolute Gasteiger partial charge is 0.267 e. The zero-order valence-electron chi connectivity index (χ0n) is 16.5. The average molecular weight is 391 g/mol. The Bertz CT molecular complexity index is 928. The molecule has 3 aromatic rings. The summed E-state index contributed by atoms with van der Waals surface area (Å²) in [7, 11) is 0. The normalized spacial score (nSPS) is 16.2. The molecule has 1 aromatic heterocycles. The van der Waals surface area contributed by atoms with Crippen molar-refractivity contribution in [3.63, 3.8) is 0 Å². The highest BCUT2D eigenvalue weighted by molar-refractivity contribution is 5.82. The van der Waals surface area contributed by atoms with Crippen LogP contribution in [0.1, 0.15) is 24.7 Å². The number of nitrogens with zero attached hydrogens (tertiary/aromatic N) is 2. The number of nitrogens with one attached hydrogen (secondary N) is 1. The molecule has 150 valence electrons. The van der Waals surface area contributed by atoms with Crippen LogP contribution in [0, 0.1) is 0 Å². The summed E-state index contributed by atoms with van der Waals surface area (Å²) in [5, 5.41) is 0. The molecule has 0 saturated heterocycles. The van der Waals surface area contributed by atoms with Crippen LogP contribution in [-0.4, -0.2) is 39.5 Å². The van der Waals surface area contributed by atoms with Crippen LogP contribution in [0.25, 0.3) is 0 Å². The van der Waals surface area contributed by atoms with Gasteiger partial charge in [-0.1, -0.05) is 42.5 Å². The molecule has 1 aliphatic heterocycles. The standard InChI is InChI=1S/C23H25N3O3/c1-17(11-12-18-7-3-2-4-8-18)26(15-22-24-13-14-25-22)23(27)21-16-28-19-9-5-6-10-20(19)29-21/h2-10,13-14,17,21H,11-12,15-16H2,1H3,(H,24,25)/t17-,21-/m1/s1. The third-order valence-electron chi connectivity index (χ3n) is 5.17. The van der Waals surface area contributed by atoms with E-state index in [1.54, 1.807) is 12.4 Å². The lowest BCUT2D eigenvalue weighted by molar-refractivity contribution is -0.144. The number of carbonyl (C=O) groups excluding carboxylic acids is 1. The number of H-pyrrole nitrogens is 1. The number of para-hydroxylation sites is 2. The van der Waals surface area contributed by atoms with Crippen LogP contribution < -0.4 is 9.47 Å². The first-order valence-corrected chi connectivity index (χ1v) is 9.92. The van der Waals surface area contributed by atoms with Crippen LogP contribution in [0.2, 0.25) is 0 Å². The van der Waals surface area contributed by atoms with E-state index < -0.39 is 6.10 Å². The highest BCUT2D eigenvalue weighted by Crippen LogP contribution is 2.31. The van der Waals surface area contributed by atoms with Crippen molar-refractivity contribution in [3.8, 4) is 11.5 Å². The van der Waals surface area contributed by atoms with E-state index in [-0.39, 0.29) is 18.6 Å². The molecule has 0 aliphatic carbocycles. The predicted octanol–water partition coefficient (Wildman–Crippen LogP) is 3.60. The summed E-state index contributed by atoms with van der Waals surface area (Å²) in [5.74, 6) is 1.94. The van der Waals surface area contributed by atoms with Crippen molar-refractivity contribution in [2.45, 2.75) is 38.5 Å². The van der Waals surface area contributed by atoms with Gasteiger partial charge in [0.1, 0.15) is 12.4 Å². The molecule has 2 aromatic carbocycles. The second-order valence-corrected chi connectivity index (χ2v) is 7.24. The van der Waals surface area contributed by atoms with E-state index in [1.807, 2.05) is 47.4 Å². The highest BCUT2D eigenvalue weighted by Gasteiger charge is 2.33. The Labute approximate surface area is 170 Å². The number of amides is 1. The van der Waals surface area contributed by atoms with Gasteiger partial charge in [-0.05, 0) is 37.5 Å². The average Bonchev–Trinajstić information content (AvgIpc) is 3.29. The van der Waals surface area contributed by atoms with Crippen LogP contribution in [0.3, 0.4) is 0 Å². The van der Waals surface area contributed by atoms with Gasteiger partial charge in [-0.15, -0.1) is 0 Å². The number of fused-ring (bicyclic) bond motifs is 1. The molecule has 0 unspecified atom stereocenters. The Balaban J connectivity index is 1.48. The largest absolute Gasteiger partial charge is 0.485 e. The number of benzene rings is 2. The number of aromatic amines is 1. The van der Waals surface area contributed by atoms with Crippen molar-refractivity contribution in [1.29, 1.82) is 0 Å². The zero-order valence-corrected chi connectivity index (χ0v) is 16.5. The first-order valence-electron chi connectivity index (χ1n) is 9.92. The maximum absolute atomic E-state index is 13.4. The van der Waals surface area contributed by atoms with E-state index in [1.165, 1.54) is 5.56 Å². The molecule has 0 spiro atoms. The molecule has 0 fully saturated rings. The third kappa shape index (κ3) is 4.59. The quantitative estimate of drug-likeness (QED) is 0.668. The lowest BCUT2D eigenvalue weighted by Gasteiger charge is -2.34. The van der Waals surface area contributed by atoms with Crippen molar-refractivity contribution in [2.75, 3.05) is 6.61 Å². The van der Waals surface area contributed by atoms with Gasteiger partial charge in [0, 0.05) is 18.4 Å². The maximum atomic E-state index is 13.4. The molecule has 2 heterocycles. The topological polar surface area (TPSA) is 67.5 Å². The predicted molar refractivity (Wildman–Crippen MR) is 110 cm³/mol. The number of carbonyl (C=O) groups is 1. The van der Waals surface area contributed by atoms with Gasteiger partial charge in [0.2, 0.25) is 6.10 Å². The summed E-state index contributed by atoms with van der Waals surface area (Å²) >= 11 is 0. The van der Waals surface area contributed by atoms with Crippen molar-refractivity contribution in [1.82, 2.24) is 14.9 Å². The molecule has 2 atom stereocenters. The number of aryl methyl sites for hydroxylation is 1. The molecule has 0 bridgehead atoms. The lowest BCUT2D eigenvalue weighted by atomic mass is 10.0. The molecular formula is C23H25N3O3. The fraction of sp³-hybridized carbons (Fsp3) is 0.304. The minimum Gasteiger partial charge on any atom is -0.485 e. The van der Waals surface area contributed by atoms with E-state index in [2.05, 4.69) is 29.0 Å². The summed E-state index contributed by atoms with van der Waals surface area (Å²) in [6, 6.07) is 17.8. The molecular weight excluding hydrogens is 366 g/mol. The van der Waals surface area contributed by atoms with Gasteiger partial charge in [0.25, 0.3) is 5.91 Å². The van der Waals surface area contributed by atoms with E-state index in [4.69, 9.17) is 9.47 Å².